The van der Waals surface area contributed by atoms with Crippen LogP contribution < -0.4 is 5.32 Å². The standard InChI is InChI=1S/C16H11FN6OS2/c1-9-13(20-22-23(9)11-6-4-10(17)5-7-11)14-18-16(26-21-14)19-15(24)12-3-2-8-25-12/h2-8H,1H3,(H,18,19,21,24). The van der Waals surface area contributed by atoms with Crippen molar-refractivity contribution in [1.82, 2.24) is 24.4 Å². The summed E-state index contributed by atoms with van der Waals surface area (Å²) in [5.74, 6) is -0.171. The molecule has 0 fully saturated rings. The van der Waals surface area contributed by atoms with Crippen LogP contribution in [0.4, 0.5) is 9.52 Å². The Morgan fingerprint density at radius 3 is 2.77 bits per heavy atom. The lowest BCUT2D eigenvalue weighted by Gasteiger charge is -2.02. The van der Waals surface area contributed by atoms with Crippen molar-refractivity contribution in [3.05, 3.63) is 58.2 Å². The number of nitrogens with zero attached hydrogens (tertiary/aromatic N) is 5. The molecule has 10 heteroatoms. The van der Waals surface area contributed by atoms with Crippen molar-refractivity contribution in [1.29, 1.82) is 0 Å². The number of rotatable bonds is 4. The first-order valence-corrected chi connectivity index (χ1v) is 9.14. The molecule has 7 nitrogen and oxygen atoms in total. The molecule has 0 saturated heterocycles. The number of halogens is 1. The number of thiophene rings is 1. The van der Waals surface area contributed by atoms with Gasteiger partial charge in [-0.3, -0.25) is 10.1 Å². The molecule has 4 rings (SSSR count). The van der Waals surface area contributed by atoms with E-state index in [1.807, 2.05) is 18.4 Å². The highest BCUT2D eigenvalue weighted by Crippen LogP contribution is 2.24. The fourth-order valence-electron chi connectivity index (χ4n) is 2.30. The number of hydrogen-bond donors (Lipinski definition) is 1. The molecule has 0 bridgehead atoms. The van der Waals surface area contributed by atoms with Crippen LogP contribution in [0.15, 0.2) is 41.8 Å². The Morgan fingerprint density at radius 2 is 2.04 bits per heavy atom. The van der Waals surface area contributed by atoms with E-state index < -0.39 is 0 Å². The minimum Gasteiger partial charge on any atom is -0.296 e. The predicted molar refractivity (Wildman–Crippen MR) is 97.2 cm³/mol. The smallest absolute Gasteiger partial charge is 0.267 e. The number of anilines is 1. The van der Waals surface area contributed by atoms with Crippen molar-refractivity contribution in [2.24, 2.45) is 0 Å². The lowest BCUT2D eigenvalue weighted by molar-refractivity contribution is 0.103. The molecule has 0 aliphatic carbocycles. The number of carbonyl (C=O) groups excluding carboxylic acids is 1. The fraction of sp³-hybridized carbons (Fsp3) is 0.0625. The van der Waals surface area contributed by atoms with E-state index in [-0.39, 0.29) is 11.7 Å². The van der Waals surface area contributed by atoms with Gasteiger partial charge in [-0.2, -0.15) is 9.36 Å². The first-order valence-electron chi connectivity index (χ1n) is 7.49. The summed E-state index contributed by atoms with van der Waals surface area (Å²) >= 11 is 2.42. The summed E-state index contributed by atoms with van der Waals surface area (Å²) in [6.07, 6.45) is 0. The zero-order valence-electron chi connectivity index (χ0n) is 13.4. The van der Waals surface area contributed by atoms with E-state index in [1.54, 1.807) is 22.9 Å². The average molecular weight is 386 g/mol. The first kappa shape index (κ1) is 16.5. The molecule has 0 spiro atoms. The minimum absolute atomic E-state index is 0.227. The van der Waals surface area contributed by atoms with Crippen LogP contribution in [0.3, 0.4) is 0 Å². The molecule has 26 heavy (non-hydrogen) atoms. The molecule has 1 amide bonds. The van der Waals surface area contributed by atoms with Crippen molar-refractivity contribution in [3.63, 3.8) is 0 Å². The first-order chi connectivity index (χ1) is 12.6. The predicted octanol–water partition coefficient (Wildman–Crippen LogP) is 3.55. The fourth-order valence-corrected chi connectivity index (χ4v) is 3.49. The third kappa shape index (κ3) is 3.11. The van der Waals surface area contributed by atoms with E-state index in [0.29, 0.717) is 32.9 Å². The number of aromatic nitrogens is 5. The molecule has 3 heterocycles. The van der Waals surface area contributed by atoms with Crippen LogP contribution in [0.25, 0.3) is 17.2 Å². The van der Waals surface area contributed by atoms with E-state index >= 15 is 0 Å². The lowest BCUT2D eigenvalue weighted by atomic mass is 10.3. The number of benzene rings is 1. The van der Waals surface area contributed by atoms with Gasteiger partial charge in [0.05, 0.1) is 16.3 Å². The summed E-state index contributed by atoms with van der Waals surface area (Å²) in [6, 6.07) is 9.48. The molecule has 0 aliphatic heterocycles. The van der Waals surface area contributed by atoms with Gasteiger partial charge in [0.15, 0.2) is 11.5 Å². The Bertz CT molecular complexity index is 1060. The van der Waals surface area contributed by atoms with Gasteiger partial charge in [-0.25, -0.2) is 9.07 Å². The number of nitrogens with one attached hydrogen (secondary N) is 1. The van der Waals surface area contributed by atoms with Crippen LogP contribution in [-0.4, -0.2) is 30.3 Å². The Morgan fingerprint density at radius 1 is 1.23 bits per heavy atom. The van der Waals surface area contributed by atoms with E-state index in [2.05, 4.69) is 25.0 Å². The normalized spacial score (nSPS) is 10.8. The number of amides is 1. The summed E-state index contributed by atoms with van der Waals surface area (Å²) < 4.78 is 18.9. The lowest BCUT2D eigenvalue weighted by Crippen LogP contribution is -2.09. The van der Waals surface area contributed by atoms with E-state index in [9.17, 15) is 9.18 Å². The molecular formula is C16H11FN6OS2. The molecule has 0 unspecified atom stereocenters. The highest BCUT2D eigenvalue weighted by molar-refractivity contribution is 7.12. The minimum atomic E-state index is -0.320. The molecule has 0 radical (unpaired) electrons. The molecule has 0 atom stereocenters. The van der Waals surface area contributed by atoms with E-state index in [1.165, 1.54) is 23.5 Å². The van der Waals surface area contributed by atoms with E-state index in [4.69, 9.17) is 0 Å². The van der Waals surface area contributed by atoms with Crippen molar-refractivity contribution in [3.8, 4) is 17.2 Å². The molecule has 0 aliphatic rings. The van der Waals surface area contributed by atoms with Crippen molar-refractivity contribution in [2.75, 3.05) is 5.32 Å². The SMILES string of the molecule is Cc1c(-c2nsc(NC(=O)c3cccs3)n2)nnn1-c1ccc(F)cc1. The Hall–Kier alpha value is -2.98. The second kappa shape index (κ2) is 6.73. The second-order valence-corrected chi connectivity index (χ2v) is 6.97. The quantitative estimate of drug-likeness (QED) is 0.580. The van der Waals surface area contributed by atoms with Gasteiger partial charge in [-0.15, -0.1) is 16.4 Å². The monoisotopic (exact) mass is 386 g/mol. The topological polar surface area (TPSA) is 85.6 Å². The number of hydrogen-bond acceptors (Lipinski definition) is 7. The van der Waals surface area contributed by atoms with Gasteiger partial charge >= 0.3 is 0 Å². The van der Waals surface area contributed by atoms with Crippen molar-refractivity contribution in [2.45, 2.75) is 6.92 Å². The molecule has 1 aromatic carbocycles. The maximum absolute atomic E-state index is 13.1. The third-order valence-electron chi connectivity index (χ3n) is 3.57. The second-order valence-electron chi connectivity index (χ2n) is 5.27. The van der Waals surface area contributed by atoms with Crippen LogP contribution in [-0.2, 0) is 0 Å². The summed E-state index contributed by atoms with van der Waals surface area (Å²) in [4.78, 5) is 17.0. The van der Waals surface area contributed by atoms with Crippen LogP contribution in [0.1, 0.15) is 15.4 Å². The zero-order valence-corrected chi connectivity index (χ0v) is 15.0. The average Bonchev–Trinajstić information content (AvgIpc) is 3.36. The molecule has 130 valence electrons. The van der Waals surface area contributed by atoms with Gasteiger partial charge in [-0.05, 0) is 42.6 Å². The molecule has 1 N–H and O–H groups in total. The molecule has 4 aromatic rings. The van der Waals surface area contributed by atoms with Gasteiger partial charge in [-0.1, -0.05) is 11.3 Å². The van der Waals surface area contributed by atoms with Crippen LogP contribution in [0.2, 0.25) is 0 Å². The van der Waals surface area contributed by atoms with Crippen molar-refractivity contribution < 1.29 is 9.18 Å². The summed E-state index contributed by atoms with van der Waals surface area (Å²) in [5, 5.41) is 13.1. The summed E-state index contributed by atoms with van der Waals surface area (Å²) in [7, 11) is 0. The molecule has 3 aromatic heterocycles. The Balaban J connectivity index is 1.58. The highest BCUT2D eigenvalue weighted by Gasteiger charge is 2.18. The van der Waals surface area contributed by atoms with Crippen molar-refractivity contribution >= 4 is 33.9 Å². The van der Waals surface area contributed by atoms with Gasteiger partial charge in [0.1, 0.15) is 5.82 Å². The van der Waals surface area contributed by atoms with Gasteiger partial charge in [0.2, 0.25) is 5.13 Å². The van der Waals surface area contributed by atoms with Gasteiger partial charge in [0.25, 0.3) is 5.91 Å². The summed E-state index contributed by atoms with van der Waals surface area (Å²) in [6.45, 7) is 1.82. The van der Waals surface area contributed by atoms with Gasteiger partial charge in [0, 0.05) is 11.5 Å². The van der Waals surface area contributed by atoms with E-state index in [0.717, 1.165) is 11.5 Å². The Labute approximate surface area is 155 Å². The van der Waals surface area contributed by atoms with Crippen LogP contribution in [0, 0.1) is 12.7 Å². The number of carbonyl (C=O) groups is 1. The summed E-state index contributed by atoms with van der Waals surface area (Å²) in [5.41, 5.74) is 1.90. The molecular weight excluding hydrogens is 375 g/mol. The van der Waals surface area contributed by atoms with Gasteiger partial charge < -0.3 is 0 Å². The molecule has 0 saturated carbocycles. The highest BCUT2D eigenvalue weighted by atomic mass is 32.1. The maximum Gasteiger partial charge on any atom is 0.267 e. The third-order valence-corrected chi connectivity index (χ3v) is 5.07. The van der Waals surface area contributed by atoms with Crippen LogP contribution >= 0.6 is 22.9 Å². The largest absolute Gasteiger partial charge is 0.296 e. The zero-order chi connectivity index (χ0) is 18.1. The van der Waals surface area contributed by atoms with Crippen LogP contribution in [0.5, 0.6) is 0 Å². The maximum atomic E-state index is 13.1. The Kier molecular flexibility index (Phi) is 4.27.